The minimum Gasteiger partial charge on any atom is -0.469 e. The molecule has 2 heterocycles. The number of hydrogen-bond donors (Lipinski definition) is 0. The number of methoxy groups -OCH3 is 1. The number of carbonyl (C=O) groups excluding carboxylic acids is 1. The third-order valence-corrected chi connectivity index (χ3v) is 3.73. The number of rotatable bonds is 2. The van der Waals surface area contributed by atoms with Crippen molar-refractivity contribution in [3.63, 3.8) is 0 Å². The van der Waals surface area contributed by atoms with Crippen molar-refractivity contribution in [1.29, 1.82) is 0 Å². The molecule has 0 aromatic heterocycles. The van der Waals surface area contributed by atoms with Crippen molar-refractivity contribution in [1.82, 2.24) is 5.01 Å². The van der Waals surface area contributed by atoms with Crippen molar-refractivity contribution in [3.8, 4) is 0 Å². The maximum Gasteiger partial charge on any atom is 0.311 e. The van der Waals surface area contributed by atoms with Crippen LogP contribution in [0.3, 0.4) is 0 Å². The standard InChI is InChI=1S/C12H12N2O3/c1-17-12(15)9-6-10-7-4-2-3-5-8(7)11(9)14(10)13-16/h2-5,9-11H,6H2,1H3/t9-,10-,11-/m0/s1. The van der Waals surface area contributed by atoms with Gasteiger partial charge in [-0.1, -0.05) is 24.3 Å². The molecule has 1 saturated heterocycles. The summed E-state index contributed by atoms with van der Waals surface area (Å²) in [5.74, 6) is -0.543. The van der Waals surface area contributed by atoms with Gasteiger partial charge in [0, 0.05) is 0 Å². The van der Waals surface area contributed by atoms with Crippen LogP contribution in [0.15, 0.2) is 29.6 Å². The lowest BCUT2D eigenvalue weighted by Crippen LogP contribution is -2.23. The number of esters is 1. The van der Waals surface area contributed by atoms with Gasteiger partial charge in [0.05, 0.1) is 30.4 Å². The Morgan fingerprint density at radius 3 is 2.76 bits per heavy atom. The van der Waals surface area contributed by atoms with Crippen LogP contribution < -0.4 is 0 Å². The molecular formula is C12H12N2O3. The fraction of sp³-hybridized carbons (Fsp3) is 0.417. The Bertz CT molecular complexity index is 488. The van der Waals surface area contributed by atoms with E-state index in [2.05, 4.69) is 5.29 Å². The zero-order valence-electron chi connectivity index (χ0n) is 9.37. The summed E-state index contributed by atoms with van der Waals surface area (Å²) in [7, 11) is 1.37. The molecule has 1 fully saturated rings. The van der Waals surface area contributed by atoms with E-state index in [9.17, 15) is 9.70 Å². The average Bonchev–Trinajstić information content (AvgIpc) is 2.90. The molecule has 0 saturated carbocycles. The number of fused-ring (bicyclic) bond motifs is 5. The third kappa shape index (κ3) is 1.22. The minimum atomic E-state index is -0.280. The van der Waals surface area contributed by atoms with Gasteiger partial charge in [0.25, 0.3) is 0 Å². The summed E-state index contributed by atoms with van der Waals surface area (Å²) in [4.78, 5) is 22.6. The number of ether oxygens (including phenoxy) is 1. The smallest absolute Gasteiger partial charge is 0.311 e. The minimum absolute atomic E-state index is 0.0715. The van der Waals surface area contributed by atoms with Crippen molar-refractivity contribution in [2.24, 2.45) is 11.2 Å². The third-order valence-electron chi connectivity index (χ3n) is 3.73. The molecule has 0 spiro atoms. The Morgan fingerprint density at radius 1 is 1.41 bits per heavy atom. The highest BCUT2D eigenvalue weighted by Gasteiger charge is 2.53. The fourth-order valence-electron chi connectivity index (χ4n) is 3.05. The van der Waals surface area contributed by atoms with Crippen LogP contribution in [0.4, 0.5) is 0 Å². The molecule has 0 amide bonds. The number of carbonyl (C=O) groups is 1. The van der Waals surface area contributed by atoms with Crippen LogP contribution in [-0.4, -0.2) is 18.1 Å². The molecule has 0 unspecified atom stereocenters. The Morgan fingerprint density at radius 2 is 2.12 bits per heavy atom. The lowest BCUT2D eigenvalue weighted by Gasteiger charge is -2.19. The normalized spacial score (nSPS) is 29.0. The Balaban J connectivity index is 2.06. The predicted molar refractivity (Wildman–Crippen MR) is 59.7 cm³/mol. The number of nitrogens with zero attached hydrogens (tertiary/aromatic N) is 2. The van der Waals surface area contributed by atoms with Gasteiger partial charge in [0.15, 0.2) is 0 Å². The van der Waals surface area contributed by atoms with Gasteiger partial charge in [0.2, 0.25) is 0 Å². The van der Waals surface area contributed by atoms with Gasteiger partial charge in [0.1, 0.15) is 0 Å². The molecular weight excluding hydrogens is 220 g/mol. The highest BCUT2D eigenvalue weighted by molar-refractivity contribution is 5.75. The van der Waals surface area contributed by atoms with Crippen LogP contribution in [-0.2, 0) is 9.53 Å². The molecule has 2 aliphatic rings. The summed E-state index contributed by atoms with van der Waals surface area (Å²) in [6.45, 7) is 0. The molecule has 2 aliphatic heterocycles. The van der Waals surface area contributed by atoms with E-state index in [4.69, 9.17) is 4.74 Å². The predicted octanol–water partition coefficient (Wildman–Crippen LogP) is 1.96. The maximum absolute atomic E-state index is 11.7. The van der Waals surface area contributed by atoms with Crippen molar-refractivity contribution in [2.75, 3.05) is 7.11 Å². The maximum atomic E-state index is 11.7. The number of nitroso groups, excluding NO2 is 1. The first-order valence-corrected chi connectivity index (χ1v) is 5.56. The van der Waals surface area contributed by atoms with Crippen molar-refractivity contribution >= 4 is 5.97 Å². The molecule has 17 heavy (non-hydrogen) atoms. The molecule has 88 valence electrons. The zero-order valence-corrected chi connectivity index (χ0v) is 9.37. The number of hydrogen-bond acceptors (Lipinski definition) is 4. The van der Waals surface area contributed by atoms with Gasteiger partial charge in [-0.25, -0.2) is 5.01 Å². The first kappa shape index (κ1) is 10.3. The first-order chi connectivity index (χ1) is 8.27. The SMILES string of the molecule is COC(=O)[C@H]1C[C@H]2c3ccccc3[C@@H]1N2N=O. The first-order valence-electron chi connectivity index (χ1n) is 5.56. The van der Waals surface area contributed by atoms with Crippen LogP contribution in [0.25, 0.3) is 0 Å². The monoisotopic (exact) mass is 232 g/mol. The van der Waals surface area contributed by atoms with E-state index in [1.54, 1.807) is 0 Å². The van der Waals surface area contributed by atoms with Gasteiger partial charge in [-0.2, -0.15) is 0 Å². The molecule has 3 atom stereocenters. The van der Waals surface area contributed by atoms with Gasteiger partial charge >= 0.3 is 5.97 Å². The lowest BCUT2D eigenvalue weighted by atomic mass is 9.84. The Hall–Kier alpha value is -1.91. The molecule has 3 rings (SSSR count). The van der Waals surface area contributed by atoms with E-state index in [1.165, 1.54) is 12.1 Å². The molecule has 5 heteroatoms. The molecule has 0 radical (unpaired) electrons. The van der Waals surface area contributed by atoms with Gasteiger partial charge in [-0.3, -0.25) is 4.79 Å². The Kier molecular flexibility index (Phi) is 2.14. The topological polar surface area (TPSA) is 59.0 Å². The quantitative estimate of drug-likeness (QED) is 0.577. The van der Waals surface area contributed by atoms with Crippen molar-refractivity contribution in [2.45, 2.75) is 18.5 Å². The van der Waals surface area contributed by atoms with Gasteiger partial charge < -0.3 is 4.74 Å². The van der Waals surface area contributed by atoms with E-state index < -0.39 is 0 Å². The van der Waals surface area contributed by atoms with Gasteiger partial charge in [-0.05, 0) is 17.5 Å². The average molecular weight is 232 g/mol. The second-order valence-electron chi connectivity index (χ2n) is 4.42. The van der Waals surface area contributed by atoms with E-state index in [0.717, 1.165) is 11.1 Å². The summed E-state index contributed by atoms with van der Waals surface area (Å²) >= 11 is 0. The van der Waals surface area contributed by atoms with Crippen LogP contribution in [0.2, 0.25) is 0 Å². The van der Waals surface area contributed by atoms with Crippen molar-refractivity contribution in [3.05, 3.63) is 40.3 Å². The summed E-state index contributed by atoms with van der Waals surface area (Å²) < 4.78 is 4.79. The second-order valence-corrected chi connectivity index (χ2v) is 4.42. The van der Waals surface area contributed by atoms with Crippen LogP contribution in [0.1, 0.15) is 29.6 Å². The lowest BCUT2D eigenvalue weighted by molar-refractivity contribution is -0.146. The Labute approximate surface area is 98.3 Å². The van der Waals surface area contributed by atoms with Gasteiger partial charge in [-0.15, -0.1) is 4.91 Å². The molecule has 5 nitrogen and oxygen atoms in total. The highest BCUT2D eigenvalue weighted by atomic mass is 16.5. The van der Waals surface area contributed by atoms with E-state index in [-0.39, 0.29) is 24.0 Å². The molecule has 1 aromatic rings. The fourth-order valence-corrected chi connectivity index (χ4v) is 3.05. The zero-order chi connectivity index (χ0) is 12.0. The number of benzene rings is 1. The van der Waals surface area contributed by atoms with Crippen molar-refractivity contribution < 1.29 is 9.53 Å². The second kappa shape index (κ2) is 3.55. The van der Waals surface area contributed by atoms with Crippen LogP contribution in [0, 0.1) is 10.8 Å². The molecule has 0 N–H and O–H groups in total. The summed E-state index contributed by atoms with van der Waals surface area (Å²) in [6, 6.07) is 7.48. The molecule has 2 bridgehead atoms. The van der Waals surface area contributed by atoms with E-state index in [0.29, 0.717) is 6.42 Å². The van der Waals surface area contributed by atoms with Crippen LogP contribution in [0.5, 0.6) is 0 Å². The summed E-state index contributed by atoms with van der Waals surface area (Å²) in [5, 5.41) is 4.56. The summed E-state index contributed by atoms with van der Waals surface area (Å²) in [5.41, 5.74) is 2.14. The molecule has 0 aliphatic carbocycles. The highest BCUT2D eigenvalue weighted by Crippen LogP contribution is 2.56. The summed E-state index contributed by atoms with van der Waals surface area (Å²) in [6.07, 6.45) is 0.611. The van der Waals surface area contributed by atoms with E-state index >= 15 is 0 Å². The van der Waals surface area contributed by atoms with Crippen LogP contribution >= 0.6 is 0 Å². The largest absolute Gasteiger partial charge is 0.469 e. The van der Waals surface area contributed by atoms with E-state index in [1.807, 2.05) is 24.3 Å². The molecule has 1 aromatic carbocycles.